The number of hydrogen-bond acceptors (Lipinski definition) is 3. The number of benzene rings is 2. The minimum atomic E-state index is -0.126. The van der Waals surface area contributed by atoms with Crippen LogP contribution in [-0.2, 0) is 16.0 Å². The summed E-state index contributed by atoms with van der Waals surface area (Å²) in [5.41, 5.74) is 4.20. The van der Waals surface area contributed by atoms with Crippen LogP contribution in [0, 0.1) is 0 Å². The number of anilines is 2. The van der Waals surface area contributed by atoms with E-state index in [1.165, 1.54) is 37.3 Å². The molecule has 2 aromatic carbocycles. The summed E-state index contributed by atoms with van der Waals surface area (Å²) in [6, 6.07) is 16.8. The van der Waals surface area contributed by atoms with Crippen LogP contribution < -0.4 is 10.6 Å². The summed E-state index contributed by atoms with van der Waals surface area (Å²) >= 11 is 0. The van der Waals surface area contributed by atoms with Crippen LogP contribution in [-0.4, -0.2) is 29.3 Å². The van der Waals surface area contributed by atoms with Crippen molar-refractivity contribution in [3.05, 3.63) is 59.7 Å². The molecule has 0 bridgehead atoms. The van der Waals surface area contributed by atoms with Gasteiger partial charge in [-0.25, -0.2) is 0 Å². The van der Waals surface area contributed by atoms with E-state index in [0.717, 1.165) is 12.8 Å². The lowest BCUT2D eigenvalue weighted by Crippen LogP contribution is -2.39. The number of rotatable bonds is 6. The van der Waals surface area contributed by atoms with E-state index in [-0.39, 0.29) is 11.8 Å². The minimum absolute atomic E-state index is 0.00469. The summed E-state index contributed by atoms with van der Waals surface area (Å²) in [4.78, 5) is 26.4. The van der Waals surface area contributed by atoms with E-state index < -0.39 is 0 Å². The van der Waals surface area contributed by atoms with Crippen LogP contribution in [0.15, 0.2) is 48.5 Å². The Balaban J connectivity index is 1.46. The molecule has 1 unspecified atom stereocenters. The number of fused-ring (bicyclic) bond motifs is 1. The lowest BCUT2D eigenvalue weighted by molar-refractivity contribution is -0.118. The molecule has 4 rings (SSSR count). The van der Waals surface area contributed by atoms with Crippen LogP contribution in [0.5, 0.6) is 0 Å². The molecular weight excluding hydrogens is 350 g/mol. The molecule has 0 aromatic heterocycles. The van der Waals surface area contributed by atoms with Gasteiger partial charge in [0.25, 0.3) is 0 Å². The topological polar surface area (TPSA) is 61.4 Å². The summed E-state index contributed by atoms with van der Waals surface area (Å²) in [7, 11) is 0. The maximum absolute atomic E-state index is 12.8. The Labute approximate surface area is 166 Å². The van der Waals surface area contributed by atoms with Crippen molar-refractivity contribution >= 4 is 23.2 Å². The standard InChI is InChI=1S/C23H27N3O2/c1-16(27)24-18-8-5-9-19(14-18)25-23(28)15-26(20-12-13-20)22-11-4-7-17-6-2-3-10-21(17)22/h2-3,5-6,8-10,14,20,22H,4,7,11-13,15H2,1H3,(H,24,27)(H,25,28). The van der Waals surface area contributed by atoms with Crippen molar-refractivity contribution in [2.24, 2.45) is 0 Å². The molecule has 2 aliphatic rings. The van der Waals surface area contributed by atoms with Crippen LogP contribution in [0.25, 0.3) is 0 Å². The molecule has 2 aromatic rings. The zero-order valence-electron chi connectivity index (χ0n) is 16.3. The van der Waals surface area contributed by atoms with Crippen molar-refractivity contribution < 1.29 is 9.59 Å². The van der Waals surface area contributed by atoms with Gasteiger partial charge in [-0.1, -0.05) is 30.3 Å². The fraction of sp³-hybridized carbons (Fsp3) is 0.391. The van der Waals surface area contributed by atoms with E-state index in [1.807, 2.05) is 18.2 Å². The number of amides is 2. The Hall–Kier alpha value is -2.66. The SMILES string of the molecule is CC(=O)Nc1cccc(NC(=O)CN(C2CC2)C2CCCc3ccccc32)c1. The molecule has 1 saturated carbocycles. The van der Waals surface area contributed by atoms with E-state index in [1.54, 1.807) is 6.07 Å². The second kappa shape index (κ2) is 8.15. The van der Waals surface area contributed by atoms with Crippen LogP contribution in [0.2, 0.25) is 0 Å². The Morgan fingerprint density at radius 1 is 1.00 bits per heavy atom. The number of nitrogens with one attached hydrogen (secondary N) is 2. The first kappa shape index (κ1) is 18.7. The van der Waals surface area contributed by atoms with Gasteiger partial charge < -0.3 is 10.6 Å². The van der Waals surface area contributed by atoms with Gasteiger partial charge in [-0.15, -0.1) is 0 Å². The Morgan fingerprint density at radius 3 is 2.50 bits per heavy atom. The van der Waals surface area contributed by atoms with Gasteiger partial charge in [0.2, 0.25) is 11.8 Å². The number of hydrogen-bond donors (Lipinski definition) is 2. The van der Waals surface area contributed by atoms with Gasteiger partial charge in [-0.2, -0.15) is 0 Å². The Morgan fingerprint density at radius 2 is 1.75 bits per heavy atom. The molecule has 2 aliphatic carbocycles. The molecule has 0 heterocycles. The van der Waals surface area contributed by atoms with E-state index in [4.69, 9.17) is 0 Å². The van der Waals surface area contributed by atoms with Crippen molar-refractivity contribution in [1.82, 2.24) is 4.90 Å². The average molecular weight is 377 g/mol. The van der Waals surface area contributed by atoms with Crippen molar-refractivity contribution in [3.63, 3.8) is 0 Å². The zero-order valence-corrected chi connectivity index (χ0v) is 16.3. The molecule has 2 amide bonds. The van der Waals surface area contributed by atoms with Crippen LogP contribution in [0.4, 0.5) is 11.4 Å². The first-order valence-corrected chi connectivity index (χ1v) is 10.1. The van der Waals surface area contributed by atoms with Crippen molar-refractivity contribution in [1.29, 1.82) is 0 Å². The number of aryl methyl sites for hydroxylation is 1. The van der Waals surface area contributed by atoms with E-state index in [9.17, 15) is 9.59 Å². The van der Waals surface area contributed by atoms with Gasteiger partial charge in [0.15, 0.2) is 0 Å². The molecular formula is C23H27N3O2. The van der Waals surface area contributed by atoms with Crippen LogP contribution in [0.3, 0.4) is 0 Å². The highest BCUT2D eigenvalue weighted by molar-refractivity contribution is 5.94. The molecule has 5 nitrogen and oxygen atoms in total. The molecule has 1 fully saturated rings. The third-order valence-corrected chi connectivity index (χ3v) is 5.55. The van der Waals surface area contributed by atoms with E-state index in [0.29, 0.717) is 30.0 Å². The van der Waals surface area contributed by atoms with Crippen LogP contribution >= 0.6 is 0 Å². The predicted molar refractivity (Wildman–Crippen MR) is 111 cm³/mol. The zero-order chi connectivity index (χ0) is 19.5. The second-order valence-corrected chi connectivity index (χ2v) is 7.82. The maximum atomic E-state index is 12.8. The Bertz CT molecular complexity index is 876. The van der Waals surface area contributed by atoms with Gasteiger partial charge >= 0.3 is 0 Å². The van der Waals surface area contributed by atoms with E-state index >= 15 is 0 Å². The molecule has 2 N–H and O–H groups in total. The number of carbonyl (C=O) groups excluding carboxylic acids is 2. The maximum Gasteiger partial charge on any atom is 0.238 e. The van der Waals surface area contributed by atoms with Gasteiger partial charge in [-0.05, 0) is 61.4 Å². The Kier molecular flexibility index (Phi) is 5.44. The first-order valence-electron chi connectivity index (χ1n) is 10.1. The van der Waals surface area contributed by atoms with Crippen molar-refractivity contribution in [2.75, 3.05) is 17.2 Å². The molecule has 1 atom stereocenters. The molecule has 0 aliphatic heterocycles. The second-order valence-electron chi connectivity index (χ2n) is 7.82. The molecule has 0 saturated heterocycles. The molecule has 0 spiro atoms. The smallest absolute Gasteiger partial charge is 0.238 e. The van der Waals surface area contributed by atoms with Gasteiger partial charge in [0, 0.05) is 30.4 Å². The quantitative estimate of drug-likeness (QED) is 0.796. The third kappa shape index (κ3) is 4.42. The average Bonchev–Trinajstić information content (AvgIpc) is 3.51. The van der Waals surface area contributed by atoms with Gasteiger partial charge in [0.05, 0.1) is 6.54 Å². The van der Waals surface area contributed by atoms with Crippen molar-refractivity contribution in [2.45, 2.75) is 51.1 Å². The summed E-state index contributed by atoms with van der Waals surface area (Å²) in [5.74, 6) is -0.130. The highest BCUT2D eigenvalue weighted by Crippen LogP contribution is 2.40. The highest BCUT2D eigenvalue weighted by Gasteiger charge is 2.37. The monoisotopic (exact) mass is 377 g/mol. The third-order valence-electron chi connectivity index (χ3n) is 5.55. The predicted octanol–water partition coefficient (Wildman–Crippen LogP) is 4.13. The normalized spacial score (nSPS) is 18.4. The van der Waals surface area contributed by atoms with Crippen LogP contribution in [0.1, 0.15) is 49.8 Å². The summed E-state index contributed by atoms with van der Waals surface area (Å²) in [5, 5.41) is 5.75. The highest BCUT2D eigenvalue weighted by atomic mass is 16.2. The molecule has 0 radical (unpaired) electrons. The first-order chi connectivity index (χ1) is 13.6. The largest absolute Gasteiger partial charge is 0.326 e. The fourth-order valence-electron chi connectivity index (χ4n) is 4.22. The lowest BCUT2D eigenvalue weighted by atomic mass is 9.86. The lowest BCUT2D eigenvalue weighted by Gasteiger charge is -2.35. The van der Waals surface area contributed by atoms with Gasteiger partial charge in [0.1, 0.15) is 0 Å². The summed E-state index contributed by atoms with van der Waals surface area (Å²) < 4.78 is 0. The minimum Gasteiger partial charge on any atom is -0.326 e. The van der Waals surface area contributed by atoms with Gasteiger partial charge in [-0.3, -0.25) is 14.5 Å². The van der Waals surface area contributed by atoms with Crippen molar-refractivity contribution in [3.8, 4) is 0 Å². The fourth-order valence-corrected chi connectivity index (χ4v) is 4.22. The summed E-state index contributed by atoms with van der Waals surface area (Å²) in [6.45, 7) is 1.87. The molecule has 5 heteroatoms. The molecule has 146 valence electrons. The summed E-state index contributed by atoms with van der Waals surface area (Å²) in [6.07, 6.45) is 5.76. The molecule has 28 heavy (non-hydrogen) atoms. The van der Waals surface area contributed by atoms with E-state index in [2.05, 4.69) is 39.8 Å². The number of nitrogens with zero attached hydrogens (tertiary/aromatic N) is 1. The number of carbonyl (C=O) groups is 2.